The molecule has 0 aromatic carbocycles. The predicted octanol–water partition coefficient (Wildman–Crippen LogP) is 1.61. The summed E-state index contributed by atoms with van der Waals surface area (Å²) in [6, 6.07) is 2.73. The average Bonchev–Trinajstić information content (AvgIpc) is 2.62. The van der Waals surface area contributed by atoms with Gasteiger partial charge in [-0.25, -0.2) is 0 Å². The maximum Gasteiger partial charge on any atom is 0.0482 e. The monoisotopic (exact) mass is 253 g/mol. The van der Waals surface area contributed by atoms with E-state index in [4.69, 9.17) is 5.73 Å². The van der Waals surface area contributed by atoms with Crippen molar-refractivity contribution in [3.8, 4) is 0 Å². The second kappa shape index (κ2) is 5.48. The van der Waals surface area contributed by atoms with E-state index in [-0.39, 0.29) is 0 Å². The lowest BCUT2D eigenvalue weighted by atomic mass is 10.1. The number of aryl methyl sites for hydroxylation is 2. The molecule has 2 N–H and O–H groups in total. The molecule has 1 fully saturated rings. The van der Waals surface area contributed by atoms with E-state index >= 15 is 0 Å². The zero-order chi connectivity index (χ0) is 12.4. The molecule has 3 nitrogen and oxygen atoms in total. The Morgan fingerprint density at radius 2 is 1.94 bits per heavy atom. The normalized spacial score (nSPS) is 20.7. The van der Waals surface area contributed by atoms with Gasteiger partial charge in [-0.3, -0.25) is 4.90 Å². The van der Waals surface area contributed by atoms with Gasteiger partial charge >= 0.3 is 0 Å². The molecule has 0 radical (unpaired) electrons. The number of piperazine rings is 1. The van der Waals surface area contributed by atoms with Gasteiger partial charge in [-0.2, -0.15) is 0 Å². The first-order chi connectivity index (χ1) is 8.11. The molecule has 1 saturated heterocycles. The number of nitrogens with zero attached hydrogens (tertiary/aromatic N) is 2. The zero-order valence-electron chi connectivity index (χ0n) is 11.1. The molecule has 1 aromatic rings. The lowest BCUT2D eigenvalue weighted by Crippen LogP contribution is -2.47. The van der Waals surface area contributed by atoms with E-state index in [9.17, 15) is 0 Å². The third kappa shape index (κ3) is 2.88. The molecule has 1 unspecified atom stereocenters. The highest BCUT2D eigenvalue weighted by Gasteiger charge is 2.24. The van der Waals surface area contributed by atoms with Crippen LogP contribution in [0.3, 0.4) is 0 Å². The van der Waals surface area contributed by atoms with Crippen LogP contribution in [0.25, 0.3) is 0 Å². The van der Waals surface area contributed by atoms with Gasteiger partial charge in [0.15, 0.2) is 0 Å². The van der Waals surface area contributed by atoms with Crippen LogP contribution in [-0.2, 0) is 0 Å². The van der Waals surface area contributed by atoms with Crippen LogP contribution in [0.1, 0.15) is 21.4 Å². The van der Waals surface area contributed by atoms with Gasteiger partial charge in [0.05, 0.1) is 0 Å². The topological polar surface area (TPSA) is 32.5 Å². The van der Waals surface area contributed by atoms with Crippen molar-refractivity contribution in [1.82, 2.24) is 9.80 Å². The standard InChI is InChI=1S/C13H23N3S/c1-10-8-12(11(2)17-10)13(9-14)16-6-4-15(3)5-7-16/h8,13H,4-7,9,14H2,1-3H3. The molecule has 1 atom stereocenters. The molecule has 17 heavy (non-hydrogen) atoms. The number of rotatable bonds is 3. The lowest BCUT2D eigenvalue weighted by molar-refractivity contribution is 0.114. The Morgan fingerprint density at radius 1 is 1.29 bits per heavy atom. The Bertz CT molecular complexity index is 367. The summed E-state index contributed by atoms with van der Waals surface area (Å²) >= 11 is 1.88. The summed E-state index contributed by atoms with van der Waals surface area (Å²) in [5.41, 5.74) is 7.44. The van der Waals surface area contributed by atoms with Gasteiger partial charge in [-0.1, -0.05) is 0 Å². The van der Waals surface area contributed by atoms with Crippen molar-refractivity contribution >= 4 is 11.3 Å². The summed E-state index contributed by atoms with van der Waals surface area (Å²) in [4.78, 5) is 7.74. The average molecular weight is 253 g/mol. The van der Waals surface area contributed by atoms with Crippen molar-refractivity contribution in [2.24, 2.45) is 5.73 Å². The molecule has 0 amide bonds. The van der Waals surface area contributed by atoms with E-state index in [1.165, 1.54) is 15.3 Å². The molecular weight excluding hydrogens is 230 g/mol. The fourth-order valence-electron chi connectivity index (χ4n) is 2.59. The molecule has 0 spiro atoms. The van der Waals surface area contributed by atoms with E-state index in [2.05, 4.69) is 36.8 Å². The van der Waals surface area contributed by atoms with Crippen molar-refractivity contribution in [3.63, 3.8) is 0 Å². The molecule has 0 bridgehead atoms. The van der Waals surface area contributed by atoms with Gasteiger partial charge in [0, 0.05) is 48.5 Å². The summed E-state index contributed by atoms with van der Waals surface area (Å²) in [5, 5.41) is 0. The van der Waals surface area contributed by atoms with Crippen molar-refractivity contribution in [3.05, 3.63) is 21.4 Å². The number of hydrogen-bond acceptors (Lipinski definition) is 4. The van der Waals surface area contributed by atoms with Gasteiger partial charge < -0.3 is 10.6 Å². The summed E-state index contributed by atoms with van der Waals surface area (Å²) < 4.78 is 0. The Kier molecular flexibility index (Phi) is 4.20. The zero-order valence-corrected chi connectivity index (χ0v) is 11.9. The molecule has 2 rings (SSSR count). The Hall–Kier alpha value is -0.420. The van der Waals surface area contributed by atoms with Crippen LogP contribution < -0.4 is 5.73 Å². The third-order valence-corrected chi connectivity index (χ3v) is 4.62. The van der Waals surface area contributed by atoms with Gasteiger partial charge in [0.2, 0.25) is 0 Å². The highest BCUT2D eigenvalue weighted by Crippen LogP contribution is 2.30. The Labute approximate surface area is 108 Å². The maximum atomic E-state index is 6.00. The minimum absolute atomic E-state index is 0.411. The first-order valence-electron chi connectivity index (χ1n) is 6.31. The maximum absolute atomic E-state index is 6.00. The van der Waals surface area contributed by atoms with Crippen molar-refractivity contribution in [2.45, 2.75) is 19.9 Å². The molecule has 1 aliphatic heterocycles. The fraction of sp³-hybridized carbons (Fsp3) is 0.692. The highest BCUT2D eigenvalue weighted by atomic mass is 32.1. The van der Waals surface area contributed by atoms with E-state index in [1.54, 1.807) is 0 Å². The van der Waals surface area contributed by atoms with Crippen molar-refractivity contribution in [2.75, 3.05) is 39.8 Å². The van der Waals surface area contributed by atoms with Crippen molar-refractivity contribution in [1.29, 1.82) is 0 Å². The third-order valence-electron chi connectivity index (χ3n) is 3.64. The number of hydrogen-bond donors (Lipinski definition) is 1. The molecule has 0 saturated carbocycles. The van der Waals surface area contributed by atoms with Crippen LogP contribution in [-0.4, -0.2) is 49.6 Å². The first-order valence-corrected chi connectivity index (χ1v) is 7.13. The van der Waals surface area contributed by atoms with Crippen LogP contribution >= 0.6 is 11.3 Å². The van der Waals surface area contributed by atoms with E-state index in [1.807, 2.05) is 11.3 Å². The molecule has 4 heteroatoms. The van der Waals surface area contributed by atoms with Crippen LogP contribution in [0.2, 0.25) is 0 Å². The summed E-state index contributed by atoms with van der Waals surface area (Å²) in [7, 11) is 2.19. The number of likely N-dealkylation sites (N-methyl/N-ethyl adjacent to an activating group) is 1. The number of thiophene rings is 1. The first kappa shape index (κ1) is 13.0. The minimum atomic E-state index is 0.411. The molecular formula is C13H23N3S. The highest BCUT2D eigenvalue weighted by molar-refractivity contribution is 7.12. The van der Waals surface area contributed by atoms with E-state index in [0.29, 0.717) is 6.04 Å². The fourth-order valence-corrected chi connectivity index (χ4v) is 3.57. The van der Waals surface area contributed by atoms with Crippen molar-refractivity contribution < 1.29 is 0 Å². The van der Waals surface area contributed by atoms with Gasteiger partial charge in [-0.15, -0.1) is 11.3 Å². The van der Waals surface area contributed by atoms with Crippen LogP contribution in [0, 0.1) is 13.8 Å². The predicted molar refractivity (Wildman–Crippen MR) is 74.7 cm³/mol. The SMILES string of the molecule is Cc1cc(C(CN)N2CCN(C)CC2)c(C)s1. The van der Waals surface area contributed by atoms with Crippen LogP contribution in [0.5, 0.6) is 0 Å². The van der Waals surface area contributed by atoms with Gasteiger partial charge in [0.25, 0.3) is 0 Å². The van der Waals surface area contributed by atoms with Gasteiger partial charge in [-0.05, 0) is 32.5 Å². The molecule has 0 aliphatic carbocycles. The van der Waals surface area contributed by atoms with Crippen LogP contribution in [0.4, 0.5) is 0 Å². The summed E-state index contributed by atoms with van der Waals surface area (Å²) in [5.74, 6) is 0. The molecule has 96 valence electrons. The Morgan fingerprint density at radius 3 is 2.41 bits per heavy atom. The van der Waals surface area contributed by atoms with E-state index in [0.717, 1.165) is 32.7 Å². The smallest absolute Gasteiger partial charge is 0.0482 e. The van der Waals surface area contributed by atoms with E-state index < -0.39 is 0 Å². The summed E-state index contributed by atoms with van der Waals surface area (Å²) in [6.07, 6.45) is 0. The second-order valence-electron chi connectivity index (χ2n) is 4.96. The van der Waals surface area contributed by atoms with Gasteiger partial charge in [0.1, 0.15) is 0 Å². The quantitative estimate of drug-likeness (QED) is 0.888. The lowest BCUT2D eigenvalue weighted by Gasteiger charge is -2.37. The molecule has 1 aliphatic rings. The number of nitrogens with two attached hydrogens (primary N) is 1. The second-order valence-corrected chi connectivity index (χ2v) is 6.42. The minimum Gasteiger partial charge on any atom is -0.329 e. The van der Waals surface area contributed by atoms with Crippen LogP contribution in [0.15, 0.2) is 6.07 Å². The largest absolute Gasteiger partial charge is 0.329 e. The molecule has 1 aromatic heterocycles. The summed E-state index contributed by atoms with van der Waals surface area (Å²) in [6.45, 7) is 9.68. The Balaban J connectivity index is 2.13. The molecule has 2 heterocycles.